The molecule has 18 heavy (non-hydrogen) atoms. The summed E-state index contributed by atoms with van der Waals surface area (Å²) >= 11 is 1.58. The normalized spacial score (nSPS) is 11.0. The number of likely N-dealkylation sites (N-methyl/N-ethyl adjacent to an activating group) is 1. The standard InChI is InChI=1S/C14H19N3S/c1-2-17(11-13-10-16-14(15)18-13)9-8-12-6-4-3-5-7-12/h3-7,10H,2,8-9,11H2,1H3,(H2,15,16). The lowest BCUT2D eigenvalue weighted by atomic mass is 10.1. The van der Waals surface area contributed by atoms with Gasteiger partial charge in [0.05, 0.1) is 0 Å². The molecule has 0 aliphatic rings. The Balaban J connectivity index is 1.86. The van der Waals surface area contributed by atoms with Crippen molar-refractivity contribution in [2.75, 3.05) is 18.8 Å². The summed E-state index contributed by atoms with van der Waals surface area (Å²) in [6.45, 7) is 5.25. The minimum Gasteiger partial charge on any atom is -0.375 e. The van der Waals surface area contributed by atoms with Crippen LogP contribution in [-0.2, 0) is 13.0 Å². The van der Waals surface area contributed by atoms with E-state index in [1.165, 1.54) is 10.4 Å². The number of rotatable bonds is 6. The lowest BCUT2D eigenvalue weighted by Gasteiger charge is -2.19. The van der Waals surface area contributed by atoms with Gasteiger partial charge in [0.2, 0.25) is 0 Å². The molecule has 0 aliphatic heterocycles. The summed E-state index contributed by atoms with van der Waals surface area (Å²) in [4.78, 5) is 7.75. The van der Waals surface area contributed by atoms with Crippen molar-refractivity contribution in [2.24, 2.45) is 0 Å². The molecule has 0 saturated carbocycles. The average molecular weight is 261 g/mol. The molecule has 0 saturated heterocycles. The molecule has 0 radical (unpaired) electrons. The van der Waals surface area contributed by atoms with Gasteiger partial charge in [-0.2, -0.15) is 0 Å². The van der Waals surface area contributed by atoms with Gasteiger partial charge < -0.3 is 5.73 Å². The van der Waals surface area contributed by atoms with Crippen molar-refractivity contribution in [1.82, 2.24) is 9.88 Å². The molecular weight excluding hydrogens is 242 g/mol. The van der Waals surface area contributed by atoms with E-state index in [1.54, 1.807) is 11.3 Å². The third kappa shape index (κ3) is 3.82. The SMILES string of the molecule is CCN(CCc1ccccc1)Cc1cnc(N)s1. The maximum absolute atomic E-state index is 5.65. The number of thiazole rings is 1. The Morgan fingerprint density at radius 3 is 2.67 bits per heavy atom. The van der Waals surface area contributed by atoms with E-state index in [0.717, 1.165) is 26.1 Å². The van der Waals surface area contributed by atoms with Crippen LogP contribution >= 0.6 is 11.3 Å². The molecule has 2 N–H and O–H groups in total. The highest BCUT2D eigenvalue weighted by molar-refractivity contribution is 7.15. The number of nitrogens with zero attached hydrogens (tertiary/aromatic N) is 2. The van der Waals surface area contributed by atoms with Crippen LogP contribution in [0.4, 0.5) is 5.13 Å². The molecule has 0 atom stereocenters. The molecule has 2 rings (SSSR count). The van der Waals surface area contributed by atoms with Crippen LogP contribution in [0.15, 0.2) is 36.5 Å². The predicted octanol–water partition coefficient (Wildman–Crippen LogP) is 2.79. The molecule has 0 bridgehead atoms. The molecule has 3 nitrogen and oxygen atoms in total. The highest BCUT2D eigenvalue weighted by Gasteiger charge is 2.06. The first-order valence-corrected chi connectivity index (χ1v) is 7.06. The van der Waals surface area contributed by atoms with Crippen molar-refractivity contribution in [3.8, 4) is 0 Å². The van der Waals surface area contributed by atoms with Crippen LogP contribution in [0.5, 0.6) is 0 Å². The number of nitrogens with two attached hydrogens (primary N) is 1. The second kappa shape index (κ2) is 6.52. The number of hydrogen-bond acceptors (Lipinski definition) is 4. The van der Waals surface area contributed by atoms with Crippen molar-refractivity contribution in [2.45, 2.75) is 19.9 Å². The Hall–Kier alpha value is -1.39. The summed E-state index contributed by atoms with van der Waals surface area (Å²) in [7, 11) is 0. The zero-order valence-electron chi connectivity index (χ0n) is 10.7. The number of aromatic nitrogens is 1. The number of anilines is 1. The van der Waals surface area contributed by atoms with E-state index in [-0.39, 0.29) is 0 Å². The lowest BCUT2D eigenvalue weighted by molar-refractivity contribution is 0.286. The fourth-order valence-electron chi connectivity index (χ4n) is 1.90. The molecule has 0 fully saturated rings. The largest absolute Gasteiger partial charge is 0.375 e. The van der Waals surface area contributed by atoms with E-state index in [0.29, 0.717) is 5.13 Å². The molecule has 0 unspecified atom stereocenters. The van der Waals surface area contributed by atoms with Crippen LogP contribution < -0.4 is 5.73 Å². The van der Waals surface area contributed by atoms with Crippen LogP contribution in [0.1, 0.15) is 17.4 Å². The van der Waals surface area contributed by atoms with E-state index in [1.807, 2.05) is 6.20 Å². The summed E-state index contributed by atoms with van der Waals surface area (Å²) in [5.41, 5.74) is 7.04. The molecular formula is C14H19N3S. The summed E-state index contributed by atoms with van der Waals surface area (Å²) in [5.74, 6) is 0. The van der Waals surface area contributed by atoms with Crippen LogP contribution in [0.25, 0.3) is 0 Å². The lowest BCUT2D eigenvalue weighted by Crippen LogP contribution is -2.24. The van der Waals surface area contributed by atoms with Crippen molar-refractivity contribution < 1.29 is 0 Å². The average Bonchev–Trinajstić information content (AvgIpc) is 2.81. The summed E-state index contributed by atoms with van der Waals surface area (Å²) < 4.78 is 0. The van der Waals surface area contributed by atoms with Crippen LogP contribution in [-0.4, -0.2) is 23.0 Å². The van der Waals surface area contributed by atoms with E-state index in [2.05, 4.69) is 47.1 Å². The molecule has 1 aromatic heterocycles. The third-order valence-corrected chi connectivity index (χ3v) is 3.77. The smallest absolute Gasteiger partial charge is 0.180 e. The van der Waals surface area contributed by atoms with Gasteiger partial charge in [0, 0.05) is 24.2 Å². The molecule has 96 valence electrons. The van der Waals surface area contributed by atoms with Crippen molar-refractivity contribution in [3.63, 3.8) is 0 Å². The second-order valence-electron chi connectivity index (χ2n) is 4.27. The molecule has 2 aromatic rings. The summed E-state index contributed by atoms with van der Waals surface area (Å²) in [5, 5.41) is 0.657. The Bertz CT molecular complexity index is 467. The first-order chi connectivity index (χ1) is 8.78. The Morgan fingerprint density at radius 2 is 2.06 bits per heavy atom. The first kappa shape index (κ1) is 13.1. The number of hydrogen-bond donors (Lipinski definition) is 1. The second-order valence-corrected chi connectivity index (χ2v) is 5.42. The predicted molar refractivity (Wildman–Crippen MR) is 77.6 cm³/mol. The summed E-state index contributed by atoms with van der Waals surface area (Å²) in [6, 6.07) is 10.6. The van der Waals surface area contributed by atoms with Gasteiger partial charge in [-0.05, 0) is 18.5 Å². The fraction of sp³-hybridized carbons (Fsp3) is 0.357. The van der Waals surface area contributed by atoms with Gasteiger partial charge in [-0.3, -0.25) is 4.90 Å². The van der Waals surface area contributed by atoms with Gasteiger partial charge in [-0.15, -0.1) is 11.3 Å². The van der Waals surface area contributed by atoms with Crippen molar-refractivity contribution in [1.29, 1.82) is 0 Å². The topological polar surface area (TPSA) is 42.2 Å². The van der Waals surface area contributed by atoms with Crippen LogP contribution in [0.3, 0.4) is 0 Å². The molecule has 1 heterocycles. The van der Waals surface area contributed by atoms with Crippen molar-refractivity contribution in [3.05, 3.63) is 47.0 Å². The summed E-state index contributed by atoms with van der Waals surface area (Å²) in [6.07, 6.45) is 2.97. The van der Waals surface area contributed by atoms with Gasteiger partial charge in [-0.25, -0.2) is 4.98 Å². The van der Waals surface area contributed by atoms with Crippen molar-refractivity contribution >= 4 is 16.5 Å². The van der Waals surface area contributed by atoms with Gasteiger partial charge in [0.15, 0.2) is 5.13 Å². The van der Waals surface area contributed by atoms with Gasteiger partial charge in [0.25, 0.3) is 0 Å². The molecule has 4 heteroatoms. The van der Waals surface area contributed by atoms with E-state index in [9.17, 15) is 0 Å². The maximum atomic E-state index is 5.65. The van der Waals surface area contributed by atoms with E-state index < -0.39 is 0 Å². The Kier molecular flexibility index (Phi) is 4.73. The molecule has 1 aromatic carbocycles. The zero-order valence-corrected chi connectivity index (χ0v) is 11.5. The molecule has 0 spiro atoms. The van der Waals surface area contributed by atoms with Crippen LogP contribution in [0, 0.1) is 0 Å². The quantitative estimate of drug-likeness (QED) is 0.869. The monoisotopic (exact) mass is 261 g/mol. The fourth-order valence-corrected chi connectivity index (χ4v) is 2.62. The van der Waals surface area contributed by atoms with Crippen LogP contribution in [0.2, 0.25) is 0 Å². The zero-order chi connectivity index (χ0) is 12.8. The minimum atomic E-state index is 0.657. The van der Waals surface area contributed by atoms with Gasteiger partial charge in [-0.1, -0.05) is 37.3 Å². The van der Waals surface area contributed by atoms with E-state index >= 15 is 0 Å². The van der Waals surface area contributed by atoms with Gasteiger partial charge in [0.1, 0.15) is 0 Å². The Labute approximate surface area is 112 Å². The third-order valence-electron chi connectivity index (χ3n) is 2.96. The number of nitrogen functional groups attached to an aromatic ring is 1. The highest BCUT2D eigenvalue weighted by Crippen LogP contribution is 2.16. The number of benzene rings is 1. The minimum absolute atomic E-state index is 0.657. The maximum Gasteiger partial charge on any atom is 0.180 e. The molecule has 0 aliphatic carbocycles. The van der Waals surface area contributed by atoms with E-state index in [4.69, 9.17) is 5.73 Å². The Morgan fingerprint density at radius 1 is 1.28 bits per heavy atom. The van der Waals surface area contributed by atoms with Gasteiger partial charge >= 0.3 is 0 Å². The molecule has 0 amide bonds. The highest BCUT2D eigenvalue weighted by atomic mass is 32.1. The first-order valence-electron chi connectivity index (χ1n) is 6.24.